The van der Waals surface area contributed by atoms with Crippen molar-refractivity contribution in [2.24, 2.45) is 34.5 Å². The fourth-order valence-electron chi connectivity index (χ4n) is 11.5. The van der Waals surface area contributed by atoms with Gasteiger partial charge in [-0.1, -0.05) is 13.8 Å². The van der Waals surface area contributed by atoms with Crippen LogP contribution < -0.4 is 0 Å². The molecule has 0 radical (unpaired) electrons. The molecule has 0 spiro atoms. The zero-order chi connectivity index (χ0) is 35.2. The molecule has 2 saturated heterocycles. The Morgan fingerprint density at radius 3 is 2.33 bits per heavy atom. The van der Waals surface area contributed by atoms with E-state index in [1.165, 1.54) is 6.92 Å². The second-order valence-corrected chi connectivity index (χ2v) is 16.4. The van der Waals surface area contributed by atoms with Crippen LogP contribution in [0, 0.1) is 34.5 Å². The molecule has 49 heavy (non-hydrogen) atoms. The normalized spacial score (nSPS) is 56.0. The van der Waals surface area contributed by atoms with Gasteiger partial charge < -0.3 is 64.5 Å². The minimum absolute atomic E-state index is 0.123. The summed E-state index contributed by atoms with van der Waals surface area (Å²) in [6.07, 6.45) is -7.73. The van der Waals surface area contributed by atoms with E-state index in [-0.39, 0.29) is 47.8 Å². The van der Waals surface area contributed by atoms with Crippen LogP contribution in [0.2, 0.25) is 0 Å². The van der Waals surface area contributed by atoms with Gasteiger partial charge in [-0.3, -0.25) is 0 Å². The molecule has 7 aliphatic rings. The molecule has 19 unspecified atom stereocenters. The molecule has 6 fully saturated rings. The number of ether oxygens (including phenoxy) is 5. The van der Waals surface area contributed by atoms with Gasteiger partial charge >= 0.3 is 5.97 Å². The molecule has 0 aromatic carbocycles. The van der Waals surface area contributed by atoms with Crippen LogP contribution in [0.25, 0.3) is 0 Å². The van der Waals surface area contributed by atoms with Crippen molar-refractivity contribution in [3.05, 3.63) is 11.6 Å². The minimum atomic E-state index is -1.66. The highest BCUT2D eigenvalue weighted by molar-refractivity contribution is 5.91. The molecule has 0 aromatic rings. The number of rotatable bonds is 6. The summed E-state index contributed by atoms with van der Waals surface area (Å²) in [4.78, 5) is 12.5. The van der Waals surface area contributed by atoms with E-state index in [0.717, 1.165) is 12.8 Å². The Bertz CT molecular complexity index is 1280. The van der Waals surface area contributed by atoms with E-state index >= 15 is 0 Å². The molecular weight excluding hydrogens is 644 g/mol. The third-order valence-corrected chi connectivity index (χ3v) is 14.1. The molecule has 3 aliphatic heterocycles. The molecular formula is C35H54O14. The summed E-state index contributed by atoms with van der Waals surface area (Å²) in [7, 11) is 0. The number of carbonyl (C=O) groups excluding carboxylic acids is 1. The first kappa shape index (κ1) is 36.1. The van der Waals surface area contributed by atoms with Crippen molar-refractivity contribution in [2.75, 3.05) is 13.2 Å². The van der Waals surface area contributed by atoms with Gasteiger partial charge in [0.25, 0.3) is 0 Å². The third-order valence-electron chi connectivity index (χ3n) is 14.1. The monoisotopic (exact) mass is 698 g/mol. The van der Waals surface area contributed by atoms with Crippen LogP contribution in [0.3, 0.4) is 0 Å². The molecule has 8 N–H and O–H groups in total. The van der Waals surface area contributed by atoms with Crippen molar-refractivity contribution in [3.8, 4) is 0 Å². The van der Waals surface area contributed by atoms with Gasteiger partial charge in [-0.2, -0.15) is 0 Å². The van der Waals surface area contributed by atoms with Crippen molar-refractivity contribution >= 4 is 5.97 Å². The summed E-state index contributed by atoms with van der Waals surface area (Å²) in [5.74, 6) is -0.580. The molecule has 0 aromatic heterocycles. The maximum absolute atomic E-state index is 12.5. The molecule has 19 atom stereocenters. The number of cyclic esters (lactones) is 1. The van der Waals surface area contributed by atoms with Gasteiger partial charge in [-0.05, 0) is 93.5 Å². The minimum Gasteiger partial charge on any atom is -0.458 e. The Hall–Kier alpha value is -1.27. The summed E-state index contributed by atoms with van der Waals surface area (Å²) in [6.45, 7) is 5.46. The number of aliphatic hydroxyl groups excluding tert-OH is 7. The van der Waals surface area contributed by atoms with E-state index in [1.54, 1.807) is 0 Å². The first-order valence-electron chi connectivity index (χ1n) is 18.0. The maximum Gasteiger partial charge on any atom is 0.334 e. The van der Waals surface area contributed by atoms with E-state index < -0.39 is 85.1 Å². The van der Waals surface area contributed by atoms with Crippen LogP contribution in [0.15, 0.2) is 11.6 Å². The van der Waals surface area contributed by atoms with Gasteiger partial charge in [0.2, 0.25) is 0 Å². The highest BCUT2D eigenvalue weighted by Crippen LogP contribution is 2.70. The lowest BCUT2D eigenvalue weighted by molar-refractivity contribution is -0.357. The average Bonchev–Trinajstić information content (AvgIpc) is 3.60. The Morgan fingerprint density at radius 1 is 0.898 bits per heavy atom. The highest BCUT2D eigenvalue weighted by Gasteiger charge is 2.70. The largest absolute Gasteiger partial charge is 0.458 e. The second-order valence-electron chi connectivity index (χ2n) is 16.4. The number of esters is 1. The Morgan fingerprint density at radius 2 is 1.63 bits per heavy atom. The summed E-state index contributed by atoms with van der Waals surface area (Å²) in [5, 5.41) is 87.1. The van der Waals surface area contributed by atoms with Crippen LogP contribution in [0.4, 0.5) is 0 Å². The lowest BCUT2D eigenvalue weighted by Gasteiger charge is -2.65. The van der Waals surface area contributed by atoms with E-state index in [9.17, 15) is 45.6 Å². The van der Waals surface area contributed by atoms with Crippen molar-refractivity contribution in [3.63, 3.8) is 0 Å². The third kappa shape index (κ3) is 5.56. The molecule has 0 amide bonds. The van der Waals surface area contributed by atoms with Gasteiger partial charge in [0.15, 0.2) is 12.6 Å². The average molecular weight is 699 g/mol. The number of hydrogen-bond donors (Lipinski definition) is 8. The Balaban J connectivity index is 1.02. The molecule has 7 rings (SSSR count). The predicted octanol–water partition coefficient (Wildman–Crippen LogP) is -0.749. The Labute approximate surface area is 285 Å². The molecule has 0 bridgehead atoms. The fourth-order valence-corrected chi connectivity index (χ4v) is 11.5. The van der Waals surface area contributed by atoms with Crippen molar-refractivity contribution < 1.29 is 69.3 Å². The van der Waals surface area contributed by atoms with E-state index in [1.807, 2.05) is 13.0 Å². The fraction of sp³-hybridized carbons (Fsp3) is 0.914. The van der Waals surface area contributed by atoms with Crippen LogP contribution >= 0.6 is 0 Å². The van der Waals surface area contributed by atoms with Gasteiger partial charge in [-0.25, -0.2) is 4.79 Å². The van der Waals surface area contributed by atoms with Crippen LogP contribution in [-0.2, 0) is 28.5 Å². The molecule has 4 aliphatic carbocycles. The molecule has 278 valence electrons. The van der Waals surface area contributed by atoms with E-state index in [0.29, 0.717) is 44.1 Å². The van der Waals surface area contributed by atoms with Crippen LogP contribution in [0.1, 0.15) is 72.1 Å². The van der Waals surface area contributed by atoms with Gasteiger partial charge in [0.1, 0.15) is 49.3 Å². The number of carbonyl (C=O) groups is 1. The van der Waals surface area contributed by atoms with Crippen molar-refractivity contribution in [1.29, 1.82) is 0 Å². The second kappa shape index (κ2) is 13.0. The zero-order valence-corrected chi connectivity index (χ0v) is 28.4. The summed E-state index contributed by atoms with van der Waals surface area (Å²) < 4.78 is 28.4. The highest BCUT2D eigenvalue weighted by atomic mass is 16.7. The smallest absolute Gasteiger partial charge is 0.334 e. The van der Waals surface area contributed by atoms with Gasteiger partial charge in [0.05, 0.1) is 30.5 Å². The Kier molecular flexibility index (Phi) is 9.57. The van der Waals surface area contributed by atoms with E-state index in [4.69, 9.17) is 23.7 Å². The predicted molar refractivity (Wildman–Crippen MR) is 167 cm³/mol. The first-order chi connectivity index (χ1) is 23.1. The van der Waals surface area contributed by atoms with Gasteiger partial charge in [0, 0.05) is 11.0 Å². The van der Waals surface area contributed by atoms with Gasteiger partial charge in [-0.15, -0.1) is 0 Å². The number of hydrogen-bond acceptors (Lipinski definition) is 14. The standard InChI is InChI=1S/C35H54O14/c1-15-28(24(38)26(40)31(43)46-15)49-32-27(41)25(39)29(22(14-36)48-32)47-17-6-9-33(2)16(12-17)4-5-20-23(33)21(37)13-34(3)19(7-10-35(20,34)44)18-8-11-45-30(18)42/h8,15-17,19-29,31-32,36-41,43-44H,4-7,9-14H2,1-3H3. The number of aliphatic hydroxyl groups is 8. The molecule has 14 heteroatoms. The topological polar surface area (TPSA) is 225 Å². The number of fused-ring (bicyclic) bond motifs is 5. The molecule has 14 nitrogen and oxygen atoms in total. The lowest BCUT2D eigenvalue weighted by atomic mass is 9.42. The summed E-state index contributed by atoms with van der Waals surface area (Å²) >= 11 is 0. The van der Waals surface area contributed by atoms with Crippen LogP contribution in [-0.4, -0.2) is 139 Å². The van der Waals surface area contributed by atoms with E-state index in [2.05, 4.69) is 6.92 Å². The summed E-state index contributed by atoms with van der Waals surface area (Å²) in [6, 6.07) is 0. The van der Waals surface area contributed by atoms with Crippen LogP contribution in [0.5, 0.6) is 0 Å². The molecule has 3 heterocycles. The van der Waals surface area contributed by atoms with Crippen molar-refractivity contribution in [1.82, 2.24) is 0 Å². The lowest BCUT2D eigenvalue weighted by Crippen LogP contribution is -2.67. The maximum atomic E-state index is 12.5. The quantitative estimate of drug-likeness (QED) is 0.160. The molecule has 4 saturated carbocycles. The first-order valence-corrected chi connectivity index (χ1v) is 18.0. The summed E-state index contributed by atoms with van der Waals surface area (Å²) in [5.41, 5.74) is -1.31. The van der Waals surface area contributed by atoms with Crippen molar-refractivity contribution in [2.45, 2.75) is 151 Å². The zero-order valence-electron chi connectivity index (χ0n) is 28.4. The SMILES string of the molecule is CC1OC(O)C(O)C(O)C1OC1OC(CO)C(OC2CCC3(C)C(CCC4C3C(O)CC3(C)C(C5=CCOC5=O)CCC43O)C2)C(O)C1O.